The Morgan fingerprint density at radius 2 is 1.87 bits per heavy atom. The number of piperazine rings is 1. The first-order chi connectivity index (χ1) is 17.7. The maximum absolute atomic E-state index is 12.9. The van der Waals surface area contributed by atoms with E-state index in [4.69, 9.17) is 4.74 Å². The van der Waals surface area contributed by atoms with E-state index < -0.39 is 35.1 Å². The Kier molecular flexibility index (Phi) is 11.2. The number of hydrogen-bond donors (Lipinski definition) is 1. The number of rotatable bonds is 6. The highest BCUT2D eigenvalue weighted by Gasteiger charge is 2.36. The number of hydrogen-bond acceptors (Lipinski definition) is 5. The summed E-state index contributed by atoms with van der Waals surface area (Å²) in [4.78, 5) is 33.2. The molecule has 3 rings (SSSR count). The van der Waals surface area contributed by atoms with E-state index in [1.54, 1.807) is 4.90 Å². The third-order valence-electron chi connectivity index (χ3n) is 5.96. The van der Waals surface area contributed by atoms with Crippen LogP contribution in [0.4, 0.5) is 31.1 Å². The second kappa shape index (κ2) is 13.6. The van der Waals surface area contributed by atoms with Gasteiger partial charge in [0.15, 0.2) is 0 Å². The fourth-order valence-electron chi connectivity index (χ4n) is 3.88. The molecule has 1 saturated heterocycles. The summed E-state index contributed by atoms with van der Waals surface area (Å²) >= 11 is 0. The van der Waals surface area contributed by atoms with Gasteiger partial charge in [0.05, 0.1) is 11.6 Å². The quantitative estimate of drug-likeness (QED) is 0.362. The third-order valence-corrected chi connectivity index (χ3v) is 5.96. The number of amides is 1. The molecule has 13 heteroatoms. The highest BCUT2D eigenvalue weighted by Crippen LogP contribution is 2.29. The molecule has 38 heavy (non-hydrogen) atoms. The number of carbonyl (C=O) groups excluding carboxylic acids is 1. The van der Waals surface area contributed by atoms with E-state index in [-0.39, 0.29) is 17.7 Å². The molecule has 0 spiro atoms. The summed E-state index contributed by atoms with van der Waals surface area (Å²) in [5.74, 6) is -0.160. The minimum Gasteiger partial charge on any atom is -0.409 e. The van der Waals surface area contributed by atoms with E-state index >= 15 is 0 Å². The fourth-order valence-corrected chi connectivity index (χ4v) is 3.88. The lowest BCUT2D eigenvalue weighted by molar-refractivity contribution is -0.139. The topological polar surface area (TPSA) is 78.5 Å². The number of halogens is 6. The van der Waals surface area contributed by atoms with Crippen LogP contribution in [-0.2, 0) is 12.4 Å². The fraction of sp³-hybridized carbons (Fsp3) is 0.560. The number of alkyl halides is 6. The summed E-state index contributed by atoms with van der Waals surface area (Å²) in [5, 5.41) is 0. The van der Waals surface area contributed by atoms with Crippen LogP contribution >= 0.6 is 0 Å². The molecule has 0 radical (unpaired) electrons. The molecule has 1 N–H and O–H groups in total. The molecular formula is C25H32F6N4O3. The molecule has 1 atom stereocenters. The molecule has 212 valence electrons. The van der Waals surface area contributed by atoms with Crippen LogP contribution in [0, 0.1) is 5.92 Å². The number of nitrogens with one attached hydrogen (secondary N) is 1. The standard InChI is InChI=1S/C19H28F3N3O3.C6H4F3N/c1-4-5-6-7-24-8-9-25(16(12-24)13(2)3)18(27)28-14-10-15(19(20,21)22)17(26)23-11-14;7-6(8,9)5-2-1-3-10-4-5/h10-11,13,16H,4-9,12H2,1-3H3,(H,23,26);1-4H. The summed E-state index contributed by atoms with van der Waals surface area (Å²) in [6.45, 7) is 8.96. The number of pyridine rings is 2. The van der Waals surface area contributed by atoms with Gasteiger partial charge in [0, 0.05) is 44.3 Å². The normalized spacial score (nSPS) is 16.7. The van der Waals surface area contributed by atoms with Crippen molar-refractivity contribution in [2.45, 2.75) is 58.4 Å². The molecular weight excluding hydrogens is 518 g/mol. The number of ether oxygens (including phenoxy) is 1. The molecule has 2 aromatic rings. The number of unbranched alkanes of at least 4 members (excludes halogenated alkanes) is 2. The third kappa shape index (κ3) is 9.34. The van der Waals surface area contributed by atoms with Crippen molar-refractivity contribution in [1.82, 2.24) is 19.8 Å². The second-order valence-electron chi connectivity index (χ2n) is 9.20. The zero-order valence-electron chi connectivity index (χ0n) is 21.4. The number of H-pyrrole nitrogens is 1. The van der Waals surface area contributed by atoms with Crippen LogP contribution in [0.2, 0.25) is 0 Å². The first-order valence-corrected chi connectivity index (χ1v) is 12.2. The second-order valence-corrected chi connectivity index (χ2v) is 9.20. The average Bonchev–Trinajstić information content (AvgIpc) is 2.85. The van der Waals surface area contributed by atoms with Crippen molar-refractivity contribution in [3.05, 3.63) is 58.3 Å². The van der Waals surface area contributed by atoms with Crippen LogP contribution in [0.15, 0.2) is 41.6 Å². The van der Waals surface area contributed by atoms with Gasteiger partial charge in [-0.05, 0) is 31.0 Å². The Morgan fingerprint density at radius 3 is 2.39 bits per heavy atom. The number of aromatic amines is 1. The van der Waals surface area contributed by atoms with Gasteiger partial charge < -0.3 is 14.6 Å². The van der Waals surface area contributed by atoms with Gasteiger partial charge >= 0.3 is 18.4 Å². The molecule has 2 aromatic heterocycles. The van der Waals surface area contributed by atoms with Gasteiger partial charge in [-0.15, -0.1) is 0 Å². The lowest BCUT2D eigenvalue weighted by atomic mass is 10.00. The van der Waals surface area contributed by atoms with Crippen LogP contribution in [0.5, 0.6) is 5.75 Å². The Hall–Kier alpha value is -3.09. The van der Waals surface area contributed by atoms with Crippen molar-refractivity contribution in [3.8, 4) is 5.75 Å². The highest BCUT2D eigenvalue weighted by molar-refractivity contribution is 5.71. The largest absolute Gasteiger partial charge is 0.421 e. The molecule has 1 fully saturated rings. The van der Waals surface area contributed by atoms with Crippen LogP contribution in [0.1, 0.15) is 51.2 Å². The van der Waals surface area contributed by atoms with Gasteiger partial charge in [0.25, 0.3) is 5.56 Å². The molecule has 0 aromatic carbocycles. The molecule has 3 heterocycles. The summed E-state index contributed by atoms with van der Waals surface area (Å²) < 4.78 is 79.0. The minimum absolute atomic E-state index is 0.0901. The van der Waals surface area contributed by atoms with E-state index in [2.05, 4.69) is 16.8 Å². The lowest BCUT2D eigenvalue weighted by Gasteiger charge is -2.42. The minimum atomic E-state index is -4.82. The molecule has 1 amide bonds. The number of nitrogens with zero attached hydrogens (tertiary/aromatic N) is 3. The van der Waals surface area contributed by atoms with Gasteiger partial charge in [-0.1, -0.05) is 33.6 Å². The zero-order chi connectivity index (χ0) is 28.5. The van der Waals surface area contributed by atoms with Crippen LogP contribution < -0.4 is 10.3 Å². The van der Waals surface area contributed by atoms with E-state index in [1.807, 2.05) is 18.8 Å². The Balaban J connectivity index is 0.000000423. The lowest BCUT2D eigenvalue weighted by Crippen LogP contribution is -2.57. The van der Waals surface area contributed by atoms with Gasteiger partial charge in [-0.3, -0.25) is 14.7 Å². The summed E-state index contributed by atoms with van der Waals surface area (Å²) in [6, 6.07) is 2.70. The summed E-state index contributed by atoms with van der Waals surface area (Å²) in [6.07, 6.45) is -3.33. The van der Waals surface area contributed by atoms with Crippen molar-refractivity contribution in [2.24, 2.45) is 5.92 Å². The summed E-state index contributed by atoms with van der Waals surface area (Å²) in [7, 11) is 0. The molecule has 1 aliphatic heterocycles. The van der Waals surface area contributed by atoms with Crippen molar-refractivity contribution >= 4 is 6.09 Å². The van der Waals surface area contributed by atoms with Crippen molar-refractivity contribution in [3.63, 3.8) is 0 Å². The zero-order valence-corrected chi connectivity index (χ0v) is 21.4. The Morgan fingerprint density at radius 1 is 1.16 bits per heavy atom. The maximum Gasteiger partial charge on any atom is 0.421 e. The molecule has 0 bridgehead atoms. The number of carbonyl (C=O) groups is 1. The Labute approximate surface area is 216 Å². The van der Waals surface area contributed by atoms with E-state index in [0.29, 0.717) is 25.7 Å². The first kappa shape index (κ1) is 31.1. The van der Waals surface area contributed by atoms with Crippen LogP contribution in [0.25, 0.3) is 0 Å². The predicted octanol–water partition coefficient (Wildman–Crippen LogP) is 5.83. The molecule has 1 aliphatic rings. The molecule has 7 nitrogen and oxygen atoms in total. The van der Waals surface area contributed by atoms with Crippen LogP contribution in [0.3, 0.4) is 0 Å². The monoisotopic (exact) mass is 550 g/mol. The van der Waals surface area contributed by atoms with Crippen molar-refractivity contribution in [1.29, 1.82) is 0 Å². The van der Waals surface area contributed by atoms with E-state index in [9.17, 15) is 35.9 Å². The Bertz CT molecular complexity index is 1070. The molecule has 0 saturated carbocycles. The molecule has 0 aliphatic carbocycles. The van der Waals surface area contributed by atoms with E-state index in [0.717, 1.165) is 44.3 Å². The summed E-state index contributed by atoms with van der Waals surface area (Å²) in [5.41, 5.74) is -3.37. The maximum atomic E-state index is 12.9. The first-order valence-electron chi connectivity index (χ1n) is 12.2. The highest BCUT2D eigenvalue weighted by atomic mass is 19.4. The predicted molar refractivity (Wildman–Crippen MR) is 129 cm³/mol. The van der Waals surface area contributed by atoms with Gasteiger partial charge in [0.2, 0.25) is 0 Å². The van der Waals surface area contributed by atoms with Gasteiger partial charge in [-0.2, -0.15) is 26.3 Å². The SMILES string of the molecule is CCCCCN1CCN(C(=O)Oc2c[nH]c(=O)c(C(F)(F)F)c2)C(C(C)C)C1.FC(F)(F)c1cccnc1. The smallest absolute Gasteiger partial charge is 0.409 e. The van der Waals surface area contributed by atoms with E-state index in [1.165, 1.54) is 12.3 Å². The van der Waals surface area contributed by atoms with Gasteiger partial charge in [-0.25, -0.2) is 4.79 Å². The molecule has 1 unspecified atom stereocenters. The number of aromatic nitrogens is 2. The van der Waals surface area contributed by atoms with Crippen molar-refractivity contribution < 1.29 is 35.9 Å². The van der Waals surface area contributed by atoms with Crippen molar-refractivity contribution in [2.75, 3.05) is 26.2 Å². The average molecular weight is 551 g/mol. The van der Waals surface area contributed by atoms with Gasteiger partial charge in [0.1, 0.15) is 11.3 Å². The van der Waals surface area contributed by atoms with Crippen LogP contribution in [-0.4, -0.2) is 58.1 Å².